The number of carbonyl (C=O) groups excluding carboxylic acids is 2. The summed E-state index contributed by atoms with van der Waals surface area (Å²) in [5.41, 5.74) is -0.657. The van der Waals surface area contributed by atoms with E-state index >= 15 is 0 Å². The van der Waals surface area contributed by atoms with E-state index in [1.807, 2.05) is 0 Å². The highest BCUT2D eigenvalue weighted by atomic mass is 16.2. The molecule has 3 aliphatic rings. The first-order chi connectivity index (χ1) is 8.02. The van der Waals surface area contributed by atoms with Crippen LogP contribution in [0.3, 0.4) is 0 Å². The van der Waals surface area contributed by atoms with Gasteiger partial charge in [-0.05, 0) is 14.1 Å². The topological polar surface area (TPSA) is 64.7 Å². The number of imide groups is 1. The van der Waals surface area contributed by atoms with Gasteiger partial charge < -0.3 is 15.1 Å². The minimum Gasteiger partial charge on any atom is -0.322 e. The van der Waals surface area contributed by atoms with Crippen LogP contribution < -0.4 is 10.6 Å². The van der Waals surface area contributed by atoms with Gasteiger partial charge >= 0.3 is 6.03 Å². The lowest BCUT2D eigenvalue weighted by molar-refractivity contribution is -0.136. The molecule has 3 heterocycles. The summed E-state index contributed by atoms with van der Waals surface area (Å²) in [6.07, 6.45) is 0. The number of carbonyl (C=O) groups is 2. The summed E-state index contributed by atoms with van der Waals surface area (Å²) in [6, 6.07) is -0.334. The number of nitrogens with zero attached hydrogens (tertiary/aromatic N) is 2. The molecule has 6 nitrogen and oxygen atoms in total. The van der Waals surface area contributed by atoms with Crippen LogP contribution >= 0.6 is 0 Å². The van der Waals surface area contributed by atoms with Crippen molar-refractivity contribution in [3.8, 4) is 0 Å². The molecule has 3 fully saturated rings. The molecule has 3 saturated heterocycles. The van der Waals surface area contributed by atoms with Crippen molar-refractivity contribution in [2.45, 2.75) is 5.54 Å². The highest BCUT2D eigenvalue weighted by Crippen LogP contribution is 2.39. The van der Waals surface area contributed by atoms with E-state index < -0.39 is 5.54 Å². The molecule has 3 rings (SSSR count). The van der Waals surface area contributed by atoms with Crippen LogP contribution in [-0.2, 0) is 4.79 Å². The summed E-state index contributed by atoms with van der Waals surface area (Å²) >= 11 is 0. The molecule has 0 atom stereocenters. The Morgan fingerprint density at radius 3 is 1.88 bits per heavy atom. The SMILES string of the molecule is CN1CC2CN(C)CC(C1)C21NC(=O)NC1=O. The van der Waals surface area contributed by atoms with Crippen LogP contribution in [-0.4, -0.2) is 67.6 Å². The second-order valence-corrected chi connectivity index (χ2v) is 5.61. The number of nitrogens with one attached hydrogen (secondary N) is 2. The van der Waals surface area contributed by atoms with Gasteiger partial charge in [-0.2, -0.15) is 0 Å². The molecule has 94 valence electrons. The van der Waals surface area contributed by atoms with Gasteiger partial charge in [-0.25, -0.2) is 4.79 Å². The third-order valence-electron chi connectivity index (χ3n) is 4.34. The molecule has 2 N–H and O–H groups in total. The Balaban J connectivity index is 1.99. The summed E-state index contributed by atoms with van der Waals surface area (Å²) < 4.78 is 0. The quantitative estimate of drug-likeness (QED) is 0.514. The lowest BCUT2D eigenvalue weighted by Gasteiger charge is -2.53. The van der Waals surface area contributed by atoms with Gasteiger partial charge in [-0.3, -0.25) is 10.1 Å². The third kappa shape index (κ3) is 1.40. The van der Waals surface area contributed by atoms with Crippen LogP contribution in [0, 0.1) is 11.8 Å². The van der Waals surface area contributed by atoms with Gasteiger partial charge in [0.15, 0.2) is 0 Å². The molecular weight excluding hydrogens is 220 g/mol. The summed E-state index contributed by atoms with van der Waals surface area (Å²) in [5.74, 6) is 0.228. The minimum absolute atomic E-state index is 0.126. The van der Waals surface area contributed by atoms with E-state index in [1.165, 1.54) is 0 Å². The maximum absolute atomic E-state index is 12.2. The highest BCUT2D eigenvalue weighted by Gasteiger charge is 2.61. The van der Waals surface area contributed by atoms with Gasteiger partial charge in [0.25, 0.3) is 5.91 Å². The lowest BCUT2D eigenvalue weighted by Crippen LogP contribution is -2.72. The molecule has 0 aromatic carbocycles. The van der Waals surface area contributed by atoms with Gasteiger partial charge in [0.2, 0.25) is 0 Å². The van der Waals surface area contributed by atoms with Gasteiger partial charge in [0.05, 0.1) is 0 Å². The third-order valence-corrected chi connectivity index (χ3v) is 4.34. The van der Waals surface area contributed by atoms with E-state index in [9.17, 15) is 9.59 Å². The Hall–Kier alpha value is -1.14. The molecule has 3 aliphatic heterocycles. The maximum Gasteiger partial charge on any atom is 0.322 e. The van der Waals surface area contributed by atoms with Crippen LogP contribution in [0.15, 0.2) is 0 Å². The molecule has 0 radical (unpaired) electrons. The molecule has 17 heavy (non-hydrogen) atoms. The fraction of sp³-hybridized carbons (Fsp3) is 0.818. The van der Waals surface area contributed by atoms with Gasteiger partial charge in [0.1, 0.15) is 5.54 Å². The summed E-state index contributed by atoms with van der Waals surface area (Å²) in [7, 11) is 4.15. The van der Waals surface area contributed by atoms with E-state index in [-0.39, 0.29) is 23.8 Å². The lowest BCUT2D eigenvalue weighted by atomic mass is 9.67. The van der Waals surface area contributed by atoms with Crippen molar-refractivity contribution in [3.63, 3.8) is 0 Å². The second kappa shape index (κ2) is 3.43. The van der Waals surface area contributed by atoms with E-state index in [4.69, 9.17) is 0 Å². The number of likely N-dealkylation sites (tertiary alicyclic amines) is 2. The first kappa shape index (κ1) is 11.0. The zero-order chi connectivity index (χ0) is 12.2. The number of hydrogen-bond acceptors (Lipinski definition) is 4. The average molecular weight is 238 g/mol. The Labute approximate surface area is 100 Å². The van der Waals surface area contributed by atoms with Crippen molar-refractivity contribution in [2.24, 2.45) is 11.8 Å². The normalized spacial score (nSPS) is 42.7. The van der Waals surface area contributed by atoms with Crippen LogP contribution in [0.2, 0.25) is 0 Å². The van der Waals surface area contributed by atoms with Crippen LogP contribution in [0.5, 0.6) is 0 Å². The number of hydrogen-bond donors (Lipinski definition) is 2. The molecule has 1 spiro atoms. The largest absolute Gasteiger partial charge is 0.322 e. The Morgan fingerprint density at radius 2 is 1.53 bits per heavy atom. The van der Waals surface area contributed by atoms with Crippen LogP contribution in [0.1, 0.15) is 0 Å². The van der Waals surface area contributed by atoms with Gasteiger partial charge in [-0.1, -0.05) is 0 Å². The van der Waals surface area contributed by atoms with Gasteiger partial charge in [-0.15, -0.1) is 0 Å². The highest BCUT2D eigenvalue weighted by molar-refractivity contribution is 6.07. The molecular formula is C11H18N4O2. The maximum atomic E-state index is 12.2. The number of rotatable bonds is 0. The fourth-order valence-electron chi connectivity index (χ4n) is 3.74. The van der Waals surface area contributed by atoms with Crippen molar-refractivity contribution < 1.29 is 9.59 Å². The van der Waals surface area contributed by atoms with Crippen molar-refractivity contribution >= 4 is 11.9 Å². The smallest absolute Gasteiger partial charge is 0.322 e. The molecule has 3 amide bonds. The second-order valence-electron chi connectivity index (χ2n) is 5.61. The molecule has 0 aliphatic carbocycles. The predicted molar refractivity (Wildman–Crippen MR) is 61.4 cm³/mol. The molecule has 6 heteroatoms. The van der Waals surface area contributed by atoms with E-state index in [0.717, 1.165) is 26.2 Å². The molecule has 0 unspecified atom stereocenters. The molecule has 0 saturated carbocycles. The summed E-state index contributed by atoms with van der Waals surface area (Å²) in [6.45, 7) is 3.42. The van der Waals surface area contributed by atoms with Crippen LogP contribution in [0.4, 0.5) is 4.79 Å². The first-order valence-corrected chi connectivity index (χ1v) is 6.03. The van der Waals surface area contributed by atoms with Crippen LogP contribution in [0.25, 0.3) is 0 Å². The van der Waals surface area contributed by atoms with Gasteiger partial charge in [0, 0.05) is 38.0 Å². The minimum atomic E-state index is -0.657. The Kier molecular flexibility index (Phi) is 2.21. The van der Waals surface area contributed by atoms with Crippen molar-refractivity contribution in [1.82, 2.24) is 20.4 Å². The standard InChI is InChI=1S/C11H18N4O2/c1-14-3-7-5-15(2)6-8(4-14)11(7)9(16)12-10(17)13-11/h7-8H,3-6H2,1-2H3,(H2,12,13,16,17). The van der Waals surface area contributed by atoms with E-state index in [1.54, 1.807) is 0 Å². The zero-order valence-corrected chi connectivity index (χ0v) is 10.2. The van der Waals surface area contributed by atoms with Crippen molar-refractivity contribution in [2.75, 3.05) is 40.3 Å². The number of urea groups is 1. The molecule has 2 bridgehead atoms. The average Bonchev–Trinajstić information content (AvgIpc) is 2.47. The predicted octanol–water partition coefficient (Wildman–Crippen LogP) is -1.31. The molecule has 0 aromatic rings. The first-order valence-electron chi connectivity index (χ1n) is 6.03. The van der Waals surface area contributed by atoms with Crippen molar-refractivity contribution in [1.29, 1.82) is 0 Å². The van der Waals surface area contributed by atoms with E-state index in [2.05, 4.69) is 34.5 Å². The Morgan fingerprint density at radius 1 is 1.06 bits per heavy atom. The monoisotopic (exact) mass is 238 g/mol. The van der Waals surface area contributed by atoms with Crippen molar-refractivity contribution in [3.05, 3.63) is 0 Å². The summed E-state index contributed by atoms with van der Waals surface area (Å²) in [4.78, 5) is 28.1. The Bertz CT molecular complexity index is 354. The fourth-order valence-corrected chi connectivity index (χ4v) is 3.74. The zero-order valence-electron chi connectivity index (χ0n) is 10.2. The van der Waals surface area contributed by atoms with E-state index in [0.29, 0.717) is 0 Å². The summed E-state index contributed by atoms with van der Waals surface area (Å²) in [5, 5.41) is 5.32. The number of amides is 3. The molecule has 0 aromatic heterocycles. The number of piperidine rings is 2.